The van der Waals surface area contributed by atoms with E-state index in [2.05, 4.69) is 10.2 Å². The molecule has 0 bridgehead atoms. The van der Waals surface area contributed by atoms with Crippen LogP contribution in [0.5, 0.6) is 23.0 Å². The number of sulfone groups is 1. The van der Waals surface area contributed by atoms with Crippen molar-refractivity contribution in [3.8, 4) is 23.0 Å². The van der Waals surface area contributed by atoms with Crippen LogP contribution in [-0.4, -0.2) is 64.6 Å². The molecule has 0 radical (unpaired) electrons. The lowest BCUT2D eigenvalue weighted by Gasteiger charge is -2.24. The van der Waals surface area contributed by atoms with Gasteiger partial charge in [0.15, 0.2) is 27.1 Å². The number of carbonyl (C=O) groups is 3. The number of para-hydroxylation sites is 3. The number of hydrogen-bond donors (Lipinski definition) is 1. The largest absolute Gasteiger partial charge is 0.507 e. The number of halogens is 5. The van der Waals surface area contributed by atoms with Gasteiger partial charge < -0.3 is 19.3 Å². The summed E-state index contributed by atoms with van der Waals surface area (Å²) in [5.41, 5.74) is 3.27. The summed E-state index contributed by atoms with van der Waals surface area (Å²) in [5, 5.41) is 20.6. The first-order chi connectivity index (χ1) is 38.9. The molecule has 0 fully saturated rings. The maximum Gasteiger partial charge on any atom is 0.281 e. The number of aromatic hydroxyl groups is 1. The molecule has 8 aromatic rings. The third kappa shape index (κ3) is 13.1. The predicted octanol–water partition coefficient (Wildman–Crippen LogP) is 13.0. The first-order valence-electron chi connectivity index (χ1n) is 24.4. The van der Waals surface area contributed by atoms with Gasteiger partial charge in [0.25, 0.3) is 11.8 Å². The average molecular weight is 1160 g/mol. The number of hydrazone groups is 2. The standard InChI is InChI=1S/C30H20F4N2O3S.C30H25FN2O6S2/c1-17(37)20-6-4-5-18(13-20)16-39-26-8-3-2-7-23(26)30-36(29(38)27-24(33)14-22(32)15-25(27)34)35-28(40-30)19-9-11-21(31)12-10-19;1-38-27-24(7-5-9-26(27)39-18-19-10-16-22(17-11-19)41(2,36)37)30-33(29(35)23-6-3-4-8-25(23)34)32-28(40-30)20-12-14-21(31)15-13-20/h2-15,30H,16H2,1H3;3-17,30,34H,18H2,1-2H3. The highest BCUT2D eigenvalue weighted by Gasteiger charge is 2.40. The molecule has 0 aromatic heterocycles. The zero-order valence-corrected chi connectivity index (χ0v) is 45.4. The summed E-state index contributed by atoms with van der Waals surface area (Å²) in [6.45, 7) is 1.69. The van der Waals surface area contributed by atoms with Crippen molar-refractivity contribution in [1.29, 1.82) is 0 Å². The van der Waals surface area contributed by atoms with E-state index in [0.717, 1.165) is 34.2 Å². The first-order valence-corrected chi connectivity index (χ1v) is 28.0. The number of ketones is 1. The van der Waals surface area contributed by atoms with Gasteiger partial charge in [0.2, 0.25) is 0 Å². The monoisotopic (exact) mass is 1160 g/mol. The molecule has 81 heavy (non-hydrogen) atoms. The lowest BCUT2D eigenvalue weighted by Crippen LogP contribution is -2.28. The number of carbonyl (C=O) groups excluding carboxylic acids is 3. The Morgan fingerprint density at radius 3 is 1.69 bits per heavy atom. The van der Waals surface area contributed by atoms with E-state index in [0.29, 0.717) is 67.3 Å². The lowest BCUT2D eigenvalue weighted by atomic mass is 10.1. The van der Waals surface area contributed by atoms with Gasteiger partial charge in [-0.05, 0) is 109 Å². The fourth-order valence-electron chi connectivity index (χ4n) is 8.34. The Morgan fingerprint density at radius 2 is 1.10 bits per heavy atom. The molecule has 2 aliphatic heterocycles. The summed E-state index contributed by atoms with van der Waals surface area (Å²) in [5.74, 6) is -5.56. The molecule has 2 atom stereocenters. The molecule has 21 heteroatoms. The highest BCUT2D eigenvalue weighted by atomic mass is 32.2. The number of amides is 2. The molecular weight excluding hydrogens is 1110 g/mol. The fourth-order valence-corrected chi connectivity index (χ4v) is 11.3. The van der Waals surface area contributed by atoms with Crippen molar-refractivity contribution >= 4 is 61.0 Å². The van der Waals surface area contributed by atoms with Gasteiger partial charge in [-0.2, -0.15) is 10.2 Å². The molecule has 2 aliphatic rings. The maximum absolute atomic E-state index is 14.6. The number of phenols is 1. The number of benzene rings is 8. The van der Waals surface area contributed by atoms with Crippen molar-refractivity contribution in [3.63, 3.8) is 0 Å². The molecule has 412 valence electrons. The Bertz CT molecular complexity index is 3850. The summed E-state index contributed by atoms with van der Waals surface area (Å²) >= 11 is 2.37. The van der Waals surface area contributed by atoms with Crippen molar-refractivity contribution in [2.75, 3.05) is 13.4 Å². The number of ether oxygens (including phenoxy) is 3. The van der Waals surface area contributed by atoms with Gasteiger partial charge in [-0.3, -0.25) is 14.4 Å². The third-order valence-corrected chi connectivity index (χ3v) is 15.9. The number of thioether (sulfide) groups is 2. The fraction of sp³-hybridized carbons (Fsp3) is 0.117. The molecular formula is C60H45F5N4O9S3. The average Bonchev–Trinajstić information content (AvgIpc) is 4.23. The van der Waals surface area contributed by atoms with Crippen LogP contribution in [0.25, 0.3) is 0 Å². The molecule has 2 amide bonds. The zero-order valence-electron chi connectivity index (χ0n) is 42.9. The normalized spacial score (nSPS) is 14.8. The summed E-state index contributed by atoms with van der Waals surface area (Å²) in [7, 11) is -1.83. The minimum Gasteiger partial charge on any atom is -0.507 e. The molecule has 2 heterocycles. The van der Waals surface area contributed by atoms with Gasteiger partial charge in [0.1, 0.15) is 80.2 Å². The smallest absolute Gasteiger partial charge is 0.281 e. The van der Waals surface area contributed by atoms with Crippen molar-refractivity contribution in [2.45, 2.75) is 35.8 Å². The Labute approximate surface area is 470 Å². The van der Waals surface area contributed by atoms with Gasteiger partial charge in [-0.25, -0.2) is 40.4 Å². The molecule has 13 nitrogen and oxygen atoms in total. The summed E-state index contributed by atoms with van der Waals surface area (Å²) in [6.07, 6.45) is 1.15. The number of nitrogens with zero attached hydrogens (tertiary/aromatic N) is 4. The highest BCUT2D eigenvalue weighted by molar-refractivity contribution is 8.15. The van der Waals surface area contributed by atoms with Crippen molar-refractivity contribution in [1.82, 2.24) is 10.0 Å². The Kier molecular flexibility index (Phi) is 17.4. The first kappa shape index (κ1) is 56.9. The lowest BCUT2D eigenvalue weighted by molar-refractivity contribution is 0.0732. The summed E-state index contributed by atoms with van der Waals surface area (Å²) in [6, 6.07) is 43.6. The van der Waals surface area contributed by atoms with E-state index in [4.69, 9.17) is 14.2 Å². The van der Waals surface area contributed by atoms with Crippen LogP contribution in [0.4, 0.5) is 22.0 Å². The van der Waals surface area contributed by atoms with Crippen LogP contribution in [-0.2, 0) is 23.1 Å². The SMILES string of the molecule is CC(=O)c1cccc(COc2ccccc2C2SC(c3ccc(F)cc3)=NN2C(=O)c2c(F)cc(F)cc2F)c1.COc1c(OCc2ccc(S(C)(=O)=O)cc2)cccc1C1SC(c2ccc(F)cc2)=NN1C(=O)c1ccccc1O. The molecule has 0 spiro atoms. The van der Waals surface area contributed by atoms with Crippen molar-refractivity contribution in [3.05, 3.63) is 255 Å². The zero-order chi connectivity index (χ0) is 57.5. The van der Waals surface area contributed by atoms with Crippen molar-refractivity contribution < 1.29 is 64.1 Å². The number of rotatable bonds is 15. The van der Waals surface area contributed by atoms with E-state index in [1.54, 1.807) is 103 Å². The van der Waals surface area contributed by atoms with Crippen LogP contribution in [0.3, 0.4) is 0 Å². The quantitative estimate of drug-likeness (QED) is 0.0767. The highest BCUT2D eigenvalue weighted by Crippen LogP contribution is 2.49. The Balaban J connectivity index is 0.000000196. The topological polar surface area (TPSA) is 164 Å². The van der Waals surface area contributed by atoms with E-state index >= 15 is 0 Å². The predicted molar refractivity (Wildman–Crippen MR) is 297 cm³/mol. The maximum atomic E-state index is 14.6. The number of methoxy groups -OCH3 is 1. The second kappa shape index (κ2) is 24.7. The molecule has 0 aliphatic carbocycles. The van der Waals surface area contributed by atoms with E-state index in [1.165, 1.54) is 91.5 Å². The van der Waals surface area contributed by atoms with E-state index < -0.39 is 67.0 Å². The van der Waals surface area contributed by atoms with Crippen LogP contribution in [0.2, 0.25) is 0 Å². The molecule has 0 saturated heterocycles. The van der Waals surface area contributed by atoms with E-state index in [-0.39, 0.29) is 35.2 Å². The third-order valence-electron chi connectivity index (χ3n) is 12.4. The number of phenolic OH excluding ortho intramolecular Hbond substituents is 1. The molecule has 1 N–H and O–H groups in total. The van der Waals surface area contributed by atoms with E-state index in [9.17, 15) is 49.9 Å². The van der Waals surface area contributed by atoms with Gasteiger partial charge in [-0.15, -0.1) is 0 Å². The molecule has 2 unspecified atom stereocenters. The van der Waals surface area contributed by atoms with Crippen molar-refractivity contribution in [2.24, 2.45) is 10.2 Å². The Morgan fingerprint density at radius 1 is 0.580 bits per heavy atom. The van der Waals surface area contributed by atoms with Gasteiger partial charge in [0, 0.05) is 46.2 Å². The number of Topliss-reactive ketones (excluding diaryl/α,β-unsaturated/α-hetero) is 1. The van der Waals surface area contributed by atoms with Crippen LogP contribution >= 0.6 is 23.5 Å². The van der Waals surface area contributed by atoms with Crippen LogP contribution in [0.1, 0.15) is 82.1 Å². The minimum absolute atomic E-state index is 0.0751. The number of hydrogen-bond acceptors (Lipinski definition) is 13. The molecule has 0 saturated carbocycles. The minimum atomic E-state index is -3.31. The Hall–Kier alpha value is -8.79. The second-order valence-electron chi connectivity index (χ2n) is 18.0. The second-order valence-corrected chi connectivity index (χ2v) is 22.1. The van der Waals surface area contributed by atoms with Crippen LogP contribution < -0.4 is 14.2 Å². The van der Waals surface area contributed by atoms with E-state index in [1.807, 2.05) is 0 Å². The summed E-state index contributed by atoms with van der Waals surface area (Å²) < 4.78 is 111. The molecule has 10 rings (SSSR count). The van der Waals surface area contributed by atoms with Gasteiger partial charge >= 0.3 is 0 Å². The van der Waals surface area contributed by atoms with Crippen LogP contribution in [0, 0.1) is 29.1 Å². The summed E-state index contributed by atoms with van der Waals surface area (Å²) in [4.78, 5) is 39.1. The van der Waals surface area contributed by atoms with Gasteiger partial charge in [-0.1, -0.05) is 96.3 Å². The van der Waals surface area contributed by atoms with Gasteiger partial charge in [0.05, 0.1) is 17.6 Å². The molecule has 8 aromatic carbocycles. The van der Waals surface area contributed by atoms with Crippen LogP contribution in [0.15, 0.2) is 191 Å².